The van der Waals surface area contributed by atoms with Gasteiger partial charge in [0.25, 0.3) is 0 Å². The van der Waals surface area contributed by atoms with Crippen LogP contribution in [0.5, 0.6) is 5.75 Å². The van der Waals surface area contributed by atoms with E-state index in [9.17, 15) is 33.1 Å². The summed E-state index contributed by atoms with van der Waals surface area (Å²) in [5.74, 6) is -1.55. The van der Waals surface area contributed by atoms with Gasteiger partial charge >= 0.3 is 12.1 Å². The van der Waals surface area contributed by atoms with Crippen molar-refractivity contribution in [2.75, 3.05) is 0 Å². The molecule has 184 valence electrons. The summed E-state index contributed by atoms with van der Waals surface area (Å²) in [6.45, 7) is -0.140. The predicted octanol–water partition coefficient (Wildman–Crippen LogP) is 5.70. The van der Waals surface area contributed by atoms with Gasteiger partial charge in [0.15, 0.2) is 11.2 Å². The van der Waals surface area contributed by atoms with Crippen LogP contribution < -0.4 is 0 Å². The predicted molar refractivity (Wildman–Crippen MR) is 123 cm³/mol. The minimum atomic E-state index is -4.61. The van der Waals surface area contributed by atoms with E-state index < -0.39 is 34.3 Å². The maximum Gasteiger partial charge on any atom is 0.416 e. The van der Waals surface area contributed by atoms with E-state index in [0.29, 0.717) is 12.0 Å². The molecule has 0 radical (unpaired) electrons. The lowest BCUT2D eigenvalue weighted by atomic mass is 9.56. The van der Waals surface area contributed by atoms with Crippen LogP contribution in [0.2, 0.25) is 0 Å². The van der Waals surface area contributed by atoms with Crippen LogP contribution >= 0.6 is 0 Å². The van der Waals surface area contributed by atoms with Crippen molar-refractivity contribution < 1.29 is 32.6 Å². The van der Waals surface area contributed by atoms with E-state index in [4.69, 9.17) is 4.74 Å². The maximum atomic E-state index is 13.8. The van der Waals surface area contributed by atoms with Gasteiger partial charge in [-0.05, 0) is 53.8 Å². The summed E-state index contributed by atoms with van der Waals surface area (Å²) in [4.78, 5) is 27.3. The Labute approximate surface area is 205 Å². The highest BCUT2D eigenvalue weighted by atomic mass is 19.4. The van der Waals surface area contributed by atoms with Gasteiger partial charge in [-0.3, -0.25) is 9.59 Å². The Balaban J connectivity index is 1.91. The third-order valence-corrected chi connectivity index (χ3v) is 6.75. The van der Waals surface area contributed by atoms with Crippen LogP contribution in [0.15, 0.2) is 78.9 Å². The number of phenolic OH excluding ortho intramolecular Hbond substituents is 1. The van der Waals surface area contributed by atoms with E-state index in [-0.39, 0.29) is 36.3 Å². The summed E-state index contributed by atoms with van der Waals surface area (Å²) < 4.78 is 45.4. The molecular weight excluding hydrogens is 471 g/mol. The van der Waals surface area contributed by atoms with Crippen LogP contribution in [0.3, 0.4) is 0 Å². The topological polar surface area (TPSA) is 87.4 Å². The van der Waals surface area contributed by atoms with Gasteiger partial charge in [0.2, 0.25) is 0 Å². The first-order valence-corrected chi connectivity index (χ1v) is 11.3. The number of benzene rings is 3. The molecule has 3 aromatic carbocycles. The number of aromatic hydroxyl groups is 1. The van der Waals surface area contributed by atoms with Crippen molar-refractivity contribution in [2.24, 2.45) is 5.41 Å². The van der Waals surface area contributed by atoms with Gasteiger partial charge in [-0.15, -0.1) is 0 Å². The van der Waals surface area contributed by atoms with Crippen molar-refractivity contribution in [3.8, 4) is 11.8 Å². The number of Topliss-reactive ketones (excluding diaryl/α,β-unsaturated/α-hetero) is 1. The molecule has 4 rings (SSSR count). The number of ether oxygens (including phenoxy) is 1. The summed E-state index contributed by atoms with van der Waals surface area (Å²) >= 11 is 0. The molecule has 1 aliphatic rings. The van der Waals surface area contributed by atoms with E-state index in [1.165, 1.54) is 24.3 Å². The molecule has 0 spiro atoms. The number of phenols is 1. The van der Waals surface area contributed by atoms with E-state index in [1.54, 1.807) is 30.3 Å². The summed E-state index contributed by atoms with van der Waals surface area (Å²) in [6.07, 6.45) is -4.30. The third kappa shape index (κ3) is 4.11. The monoisotopic (exact) mass is 493 g/mol. The number of nitrogens with zero attached hydrogens (tertiary/aromatic N) is 1. The van der Waals surface area contributed by atoms with E-state index in [2.05, 4.69) is 6.07 Å². The first kappa shape index (κ1) is 25.0. The van der Waals surface area contributed by atoms with Gasteiger partial charge in [-0.25, -0.2) is 0 Å². The zero-order chi connectivity index (χ0) is 26.0. The van der Waals surface area contributed by atoms with Crippen LogP contribution in [0.25, 0.3) is 0 Å². The van der Waals surface area contributed by atoms with Crippen molar-refractivity contribution in [3.63, 3.8) is 0 Å². The average molecular weight is 493 g/mol. The van der Waals surface area contributed by atoms with Gasteiger partial charge in [0.05, 0.1) is 11.6 Å². The van der Waals surface area contributed by atoms with Gasteiger partial charge < -0.3 is 9.84 Å². The van der Waals surface area contributed by atoms with Crippen LogP contribution in [-0.4, -0.2) is 16.9 Å². The Bertz CT molecular complexity index is 1300. The lowest BCUT2D eigenvalue weighted by Gasteiger charge is -2.41. The number of carbonyl (C=O) groups is 2. The molecule has 0 heterocycles. The van der Waals surface area contributed by atoms with Crippen molar-refractivity contribution in [1.29, 1.82) is 5.26 Å². The number of hydrogen-bond donors (Lipinski definition) is 1. The van der Waals surface area contributed by atoms with Gasteiger partial charge in [-0.1, -0.05) is 54.6 Å². The number of nitriles is 1. The molecular formula is C28H22F3NO4. The molecule has 1 aliphatic carbocycles. The number of alkyl halides is 3. The molecule has 5 nitrogen and oxygen atoms in total. The molecule has 0 amide bonds. The lowest BCUT2D eigenvalue weighted by Crippen LogP contribution is -2.54. The normalized spacial score (nSPS) is 19.3. The van der Waals surface area contributed by atoms with Crippen molar-refractivity contribution in [3.05, 3.63) is 101 Å². The SMILES string of the molecule is N#CC(c1ccc(O)cc1)(c1ccc(C(F)(F)F)cc1)[C@]1(C(=O)OCc2ccccc2)CCCC1=O. The molecule has 8 heteroatoms. The second kappa shape index (κ2) is 9.50. The second-order valence-electron chi connectivity index (χ2n) is 8.73. The highest BCUT2D eigenvalue weighted by Gasteiger charge is 2.66. The largest absolute Gasteiger partial charge is 0.508 e. The molecule has 0 saturated heterocycles. The van der Waals surface area contributed by atoms with Crippen LogP contribution in [-0.2, 0) is 32.5 Å². The minimum absolute atomic E-state index is 0.0165. The molecule has 2 atom stereocenters. The number of carbonyl (C=O) groups excluding carboxylic acids is 2. The van der Waals surface area contributed by atoms with Crippen LogP contribution in [0.1, 0.15) is 41.5 Å². The molecule has 0 aromatic heterocycles. The van der Waals surface area contributed by atoms with Crippen molar-refractivity contribution in [2.45, 2.75) is 37.5 Å². The summed E-state index contributed by atoms with van der Waals surface area (Å²) in [5, 5.41) is 20.5. The molecule has 3 aromatic rings. The highest BCUT2D eigenvalue weighted by Crippen LogP contribution is 2.55. The molecule has 1 saturated carbocycles. The summed E-state index contributed by atoms with van der Waals surface area (Å²) in [7, 11) is 0. The number of rotatable bonds is 6. The lowest BCUT2D eigenvalue weighted by molar-refractivity contribution is -0.163. The highest BCUT2D eigenvalue weighted by molar-refractivity contribution is 6.08. The second-order valence-corrected chi connectivity index (χ2v) is 8.73. The van der Waals surface area contributed by atoms with Gasteiger partial charge in [-0.2, -0.15) is 18.4 Å². The van der Waals surface area contributed by atoms with Crippen molar-refractivity contribution >= 4 is 11.8 Å². The molecule has 1 fully saturated rings. The zero-order valence-corrected chi connectivity index (χ0v) is 19.1. The fraction of sp³-hybridized carbons (Fsp3) is 0.250. The number of esters is 1. The maximum absolute atomic E-state index is 13.8. The van der Waals surface area contributed by atoms with E-state index >= 15 is 0 Å². The van der Waals surface area contributed by atoms with Crippen molar-refractivity contribution in [1.82, 2.24) is 0 Å². The number of hydrogen-bond acceptors (Lipinski definition) is 5. The first-order valence-electron chi connectivity index (χ1n) is 11.3. The fourth-order valence-corrected chi connectivity index (χ4v) is 4.98. The molecule has 0 bridgehead atoms. The number of halogens is 3. The molecule has 0 aliphatic heterocycles. The Morgan fingerprint density at radius 1 is 0.944 bits per heavy atom. The van der Waals surface area contributed by atoms with Crippen LogP contribution in [0, 0.1) is 16.7 Å². The van der Waals surface area contributed by atoms with Gasteiger partial charge in [0.1, 0.15) is 17.8 Å². The Hall–Kier alpha value is -4.12. The number of ketones is 1. The standard InChI is InChI=1S/C28H22F3NO4/c29-28(30,31)22-10-8-20(9-11-22)27(18-32,21-12-14-23(33)15-13-21)26(16-4-7-24(26)34)25(35)36-17-19-5-2-1-3-6-19/h1-3,5-6,8-15,33H,4,7,16-17H2/t26-,27?/m1/s1. The summed E-state index contributed by atoms with van der Waals surface area (Å²) in [5.41, 5.74) is -4.00. The smallest absolute Gasteiger partial charge is 0.416 e. The van der Waals surface area contributed by atoms with E-state index in [0.717, 1.165) is 24.3 Å². The fourth-order valence-electron chi connectivity index (χ4n) is 4.98. The Kier molecular flexibility index (Phi) is 6.59. The molecule has 1 unspecified atom stereocenters. The quantitative estimate of drug-likeness (QED) is 0.351. The molecule has 36 heavy (non-hydrogen) atoms. The first-order chi connectivity index (χ1) is 17.1. The Morgan fingerprint density at radius 2 is 1.50 bits per heavy atom. The minimum Gasteiger partial charge on any atom is -0.508 e. The van der Waals surface area contributed by atoms with E-state index in [1.807, 2.05) is 0 Å². The third-order valence-electron chi connectivity index (χ3n) is 6.75. The Morgan fingerprint density at radius 3 is 2.00 bits per heavy atom. The average Bonchev–Trinajstić information content (AvgIpc) is 3.27. The van der Waals surface area contributed by atoms with Gasteiger partial charge in [0, 0.05) is 6.42 Å². The summed E-state index contributed by atoms with van der Waals surface area (Å²) in [6, 6.07) is 20.2. The molecule has 1 N–H and O–H groups in total. The zero-order valence-electron chi connectivity index (χ0n) is 19.1. The van der Waals surface area contributed by atoms with Crippen LogP contribution in [0.4, 0.5) is 13.2 Å².